The molecule has 14 heavy (non-hydrogen) atoms. The van der Waals surface area contributed by atoms with E-state index in [9.17, 15) is 0 Å². The van der Waals surface area contributed by atoms with E-state index in [0.717, 1.165) is 39.1 Å². The molecular weight excluding hydrogens is 176 g/mol. The zero-order valence-electron chi connectivity index (χ0n) is 9.73. The maximum Gasteiger partial charge on any atom is 0.0484 e. The van der Waals surface area contributed by atoms with Crippen molar-refractivity contribution < 1.29 is 4.74 Å². The first-order valence-corrected chi connectivity index (χ1v) is 5.49. The van der Waals surface area contributed by atoms with Gasteiger partial charge in [-0.05, 0) is 18.3 Å². The number of rotatable bonds is 3. The average molecular weight is 200 g/mol. The van der Waals surface area contributed by atoms with E-state index in [4.69, 9.17) is 10.5 Å². The van der Waals surface area contributed by atoms with E-state index in [1.807, 2.05) is 0 Å². The van der Waals surface area contributed by atoms with Crippen molar-refractivity contribution in [2.24, 2.45) is 11.1 Å². The molecular formula is C11H24N2O. The molecule has 0 aromatic heterocycles. The van der Waals surface area contributed by atoms with Crippen molar-refractivity contribution in [1.82, 2.24) is 5.32 Å². The fraction of sp³-hybridized carbons (Fsp3) is 1.00. The summed E-state index contributed by atoms with van der Waals surface area (Å²) in [4.78, 5) is 0. The first-order valence-electron chi connectivity index (χ1n) is 5.49. The number of nitrogens with two attached hydrogens (primary N) is 1. The van der Waals surface area contributed by atoms with E-state index >= 15 is 0 Å². The summed E-state index contributed by atoms with van der Waals surface area (Å²) in [5, 5.41) is 3.46. The monoisotopic (exact) mass is 200 g/mol. The quantitative estimate of drug-likeness (QED) is 0.718. The van der Waals surface area contributed by atoms with E-state index in [0.29, 0.717) is 5.41 Å². The lowest BCUT2D eigenvalue weighted by Crippen LogP contribution is -2.53. The summed E-state index contributed by atoms with van der Waals surface area (Å²) >= 11 is 0. The highest BCUT2D eigenvalue weighted by Gasteiger charge is 2.27. The van der Waals surface area contributed by atoms with Crippen LogP contribution in [0.5, 0.6) is 0 Å². The van der Waals surface area contributed by atoms with E-state index < -0.39 is 0 Å². The van der Waals surface area contributed by atoms with Crippen LogP contribution in [0.1, 0.15) is 33.6 Å². The van der Waals surface area contributed by atoms with Crippen LogP contribution in [-0.2, 0) is 4.74 Å². The van der Waals surface area contributed by atoms with Gasteiger partial charge in [0.15, 0.2) is 0 Å². The van der Waals surface area contributed by atoms with E-state index in [1.54, 1.807) is 0 Å². The molecule has 3 nitrogen and oxygen atoms in total. The Bertz CT molecular complexity index is 169. The Kier molecular flexibility index (Phi) is 3.93. The lowest BCUT2D eigenvalue weighted by Gasteiger charge is -2.34. The maximum atomic E-state index is 6.25. The van der Waals surface area contributed by atoms with Crippen LogP contribution in [-0.4, -0.2) is 31.8 Å². The molecule has 0 aliphatic carbocycles. The molecule has 0 atom stereocenters. The summed E-state index contributed by atoms with van der Waals surface area (Å²) in [7, 11) is 0. The van der Waals surface area contributed by atoms with E-state index in [2.05, 4.69) is 26.1 Å². The van der Waals surface area contributed by atoms with Crippen molar-refractivity contribution in [1.29, 1.82) is 0 Å². The van der Waals surface area contributed by atoms with E-state index in [1.165, 1.54) is 0 Å². The van der Waals surface area contributed by atoms with Crippen molar-refractivity contribution in [2.75, 3.05) is 26.3 Å². The van der Waals surface area contributed by atoms with Crippen LogP contribution in [0.2, 0.25) is 0 Å². The summed E-state index contributed by atoms with van der Waals surface area (Å²) in [5.41, 5.74) is 6.54. The molecule has 3 heteroatoms. The highest BCUT2D eigenvalue weighted by atomic mass is 16.5. The van der Waals surface area contributed by atoms with Gasteiger partial charge in [0.25, 0.3) is 0 Å². The Labute approximate surface area is 87.4 Å². The Balaban J connectivity index is 2.22. The van der Waals surface area contributed by atoms with Crippen LogP contribution >= 0.6 is 0 Å². The van der Waals surface area contributed by atoms with Gasteiger partial charge in [0.2, 0.25) is 0 Å². The number of ether oxygens (including phenoxy) is 1. The molecule has 0 aromatic carbocycles. The topological polar surface area (TPSA) is 47.3 Å². The lowest BCUT2D eigenvalue weighted by atomic mass is 9.90. The van der Waals surface area contributed by atoms with Crippen LogP contribution in [0.15, 0.2) is 0 Å². The molecule has 0 unspecified atom stereocenters. The van der Waals surface area contributed by atoms with Gasteiger partial charge in [-0.1, -0.05) is 20.8 Å². The third-order valence-corrected chi connectivity index (χ3v) is 2.62. The minimum absolute atomic E-state index is 0.0382. The predicted octanol–water partition coefficient (Wildman–Crippen LogP) is 1.13. The van der Waals surface area contributed by atoms with Crippen LogP contribution in [0.25, 0.3) is 0 Å². The molecule has 1 rings (SSSR count). The highest BCUT2D eigenvalue weighted by molar-refractivity contribution is 4.89. The largest absolute Gasteiger partial charge is 0.381 e. The van der Waals surface area contributed by atoms with Crippen molar-refractivity contribution in [3.05, 3.63) is 0 Å². The summed E-state index contributed by atoms with van der Waals surface area (Å²) in [5.74, 6) is 0. The van der Waals surface area contributed by atoms with Gasteiger partial charge in [-0.15, -0.1) is 0 Å². The molecule has 0 radical (unpaired) electrons. The van der Waals surface area contributed by atoms with Gasteiger partial charge in [-0.3, -0.25) is 0 Å². The molecule has 1 aliphatic rings. The van der Waals surface area contributed by atoms with Gasteiger partial charge in [0.05, 0.1) is 0 Å². The van der Waals surface area contributed by atoms with Crippen molar-refractivity contribution in [3.8, 4) is 0 Å². The second-order valence-corrected chi connectivity index (χ2v) is 5.64. The summed E-state index contributed by atoms with van der Waals surface area (Å²) in [6.45, 7) is 10.2. The summed E-state index contributed by atoms with van der Waals surface area (Å²) in [6.07, 6.45) is 1.95. The average Bonchev–Trinajstić information content (AvgIpc) is 2.02. The Hall–Kier alpha value is -0.120. The van der Waals surface area contributed by atoms with Crippen LogP contribution in [0, 0.1) is 5.41 Å². The van der Waals surface area contributed by atoms with Crippen LogP contribution in [0.3, 0.4) is 0 Å². The molecule has 1 saturated heterocycles. The zero-order valence-corrected chi connectivity index (χ0v) is 9.73. The first kappa shape index (κ1) is 12.0. The normalized spacial score (nSPS) is 22.3. The third kappa shape index (κ3) is 4.40. The maximum absolute atomic E-state index is 6.25. The second-order valence-electron chi connectivity index (χ2n) is 5.64. The van der Waals surface area contributed by atoms with Gasteiger partial charge < -0.3 is 15.8 Å². The smallest absolute Gasteiger partial charge is 0.0484 e. The van der Waals surface area contributed by atoms with Gasteiger partial charge in [0, 0.05) is 31.8 Å². The van der Waals surface area contributed by atoms with Gasteiger partial charge in [-0.25, -0.2) is 0 Å². The van der Waals surface area contributed by atoms with Crippen molar-refractivity contribution >= 4 is 0 Å². The zero-order chi connectivity index (χ0) is 10.7. The van der Waals surface area contributed by atoms with E-state index in [-0.39, 0.29) is 5.54 Å². The van der Waals surface area contributed by atoms with Crippen LogP contribution in [0.4, 0.5) is 0 Å². The van der Waals surface area contributed by atoms with Gasteiger partial charge in [0.1, 0.15) is 0 Å². The molecule has 84 valence electrons. The summed E-state index contributed by atoms with van der Waals surface area (Å²) in [6, 6.07) is 0. The summed E-state index contributed by atoms with van der Waals surface area (Å²) < 4.78 is 5.30. The van der Waals surface area contributed by atoms with Crippen LogP contribution < -0.4 is 11.1 Å². The molecule has 0 saturated carbocycles. The van der Waals surface area contributed by atoms with Gasteiger partial charge >= 0.3 is 0 Å². The van der Waals surface area contributed by atoms with Gasteiger partial charge in [-0.2, -0.15) is 0 Å². The Morgan fingerprint density at radius 1 is 1.29 bits per heavy atom. The lowest BCUT2D eigenvalue weighted by molar-refractivity contribution is 0.0525. The molecule has 0 bridgehead atoms. The number of hydrogen-bond acceptors (Lipinski definition) is 3. The first-order chi connectivity index (χ1) is 6.41. The number of hydrogen-bond donors (Lipinski definition) is 2. The Morgan fingerprint density at radius 3 is 2.36 bits per heavy atom. The minimum Gasteiger partial charge on any atom is -0.381 e. The molecule has 0 aromatic rings. The molecule has 1 fully saturated rings. The molecule has 3 N–H and O–H groups in total. The predicted molar refractivity (Wildman–Crippen MR) is 59.3 cm³/mol. The Morgan fingerprint density at radius 2 is 1.86 bits per heavy atom. The SMILES string of the molecule is CC(C)(C)CNCC1(N)CCOCC1. The molecule has 0 amide bonds. The minimum atomic E-state index is -0.0382. The number of nitrogens with one attached hydrogen (secondary N) is 1. The fourth-order valence-electron chi connectivity index (χ4n) is 1.64. The van der Waals surface area contributed by atoms with Crippen molar-refractivity contribution in [2.45, 2.75) is 39.2 Å². The standard InChI is InChI=1S/C11H24N2O/c1-10(2,3)8-13-9-11(12)4-6-14-7-5-11/h13H,4-9,12H2,1-3H3. The fourth-order valence-corrected chi connectivity index (χ4v) is 1.64. The molecule has 1 heterocycles. The molecule has 1 aliphatic heterocycles. The highest BCUT2D eigenvalue weighted by Crippen LogP contribution is 2.17. The third-order valence-electron chi connectivity index (χ3n) is 2.62. The van der Waals surface area contributed by atoms with Crippen molar-refractivity contribution in [3.63, 3.8) is 0 Å². The second kappa shape index (κ2) is 4.60. The molecule has 0 spiro atoms.